The van der Waals surface area contributed by atoms with Crippen molar-refractivity contribution in [1.82, 2.24) is 20.4 Å². The summed E-state index contributed by atoms with van der Waals surface area (Å²) in [5.41, 5.74) is 4.10. The Morgan fingerprint density at radius 3 is 2.88 bits per heavy atom. The maximum Gasteiger partial charge on any atom is 0.275 e. The van der Waals surface area contributed by atoms with Crippen molar-refractivity contribution in [2.75, 3.05) is 25.0 Å². The fraction of sp³-hybridized carbons (Fsp3) is 0.421. The lowest BCUT2D eigenvalue weighted by Gasteiger charge is -2.22. The van der Waals surface area contributed by atoms with E-state index < -0.39 is 0 Å². The molecule has 26 heavy (non-hydrogen) atoms. The van der Waals surface area contributed by atoms with Gasteiger partial charge in [0.15, 0.2) is 5.69 Å². The zero-order valence-corrected chi connectivity index (χ0v) is 15.3. The Morgan fingerprint density at radius 2 is 2.12 bits per heavy atom. The van der Waals surface area contributed by atoms with Gasteiger partial charge in [0, 0.05) is 43.0 Å². The number of aryl methyl sites for hydroxylation is 1. The number of H-pyrrole nitrogens is 1. The summed E-state index contributed by atoms with van der Waals surface area (Å²) >= 11 is 0. The molecule has 1 aliphatic rings. The van der Waals surface area contributed by atoms with Crippen LogP contribution < -0.4 is 10.6 Å². The third-order valence-corrected chi connectivity index (χ3v) is 4.54. The first-order valence-corrected chi connectivity index (χ1v) is 9.01. The van der Waals surface area contributed by atoms with E-state index in [0.29, 0.717) is 18.8 Å². The van der Waals surface area contributed by atoms with Gasteiger partial charge in [0.2, 0.25) is 5.91 Å². The van der Waals surface area contributed by atoms with Crippen LogP contribution in [-0.2, 0) is 17.8 Å². The molecule has 1 aromatic carbocycles. The minimum Gasteiger partial charge on any atom is -0.328 e. The minimum atomic E-state index is -0.205. The van der Waals surface area contributed by atoms with Gasteiger partial charge in [-0.25, -0.2) is 0 Å². The van der Waals surface area contributed by atoms with Crippen LogP contribution in [0.3, 0.4) is 0 Å². The zero-order valence-electron chi connectivity index (χ0n) is 15.3. The highest BCUT2D eigenvalue weighted by Gasteiger charge is 2.26. The lowest BCUT2D eigenvalue weighted by atomic mass is 10.1. The van der Waals surface area contributed by atoms with Crippen molar-refractivity contribution in [2.24, 2.45) is 0 Å². The first kappa shape index (κ1) is 18.1. The van der Waals surface area contributed by atoms with Crippen LogP contribution in [0.1, 0.15) is 40.7 Å². The first-order valence-electron chi connectivity index (χ1n) is 9.01. The number of nitrogens with zero attached hydrogens (tertiary/aromatic N) is 2. The summed E-state index contributed by atoms with van der Waals surface area (Å²) in [7, 11) is 0. The Balaban J connectivity index is 1.72. The molecular weight excluding hydrogens is 330 g/mol. The number of hydrogen-bond donors (Lipinski definition) is 3. The van der Waals surface area contributed by atoms with E-state index in [4.69, 9.17) is 0 Å². The monoisotopic (exact) mass is 355 g/mol. The van der Waals surface area contributed by atoms with Gasteiger partial charge in [-0.05, 0) is 25.0 Å². The quantitative estimate of drug-likeness (QED) is 0.738. The topological polar surface area (TPSA) is 90.1 Å². The van der Waals surface area contributed by atoms with Gasteiger partial charge in [-0.15, -0.1) is 0 Å². The summed E-state index contributed by atoms with van der Waals surface area (Å²) in [4.78, 5) is 27.0. The molecule has 0 radical (unpaired) electrons. The van der Waals surface area contributed by atoms with Gasteiger partial charge >= 0.3 is 0 Å². The predicted molar refractivity (Wildman–Crippen MR) is 100 cm³/mol. The van der Waals surface area contributed by atoms with Crippen molar-refractivity contribution in [3.63, 3.8) is 0 Å². The predicted octanol–water partition coefficient (Wildman–Crippen LogP) is 1.85. The Morgan fingerprint density at radius 1 is 1.31 bits per heavy atom. The molecule has 3 N–H and O–H groups in total. The molecule has 3 rings (SSSR count). The second-order valence-corrected chi connectivity index (χ2v) is 6.55. The van der Waals surface area contributed by atoms with Crippen LogP contribution in [0.5, 0.6) is 0 Å². The Bertz CT molecular complexity index is 799. The maximum absolute atomic E-state index is 13.0. The number of carbonyl (C=O) groups is 2. The summed E-state index contributed by atoms with van der Waals surface area (Å²) in [6.07, 6.45) is 1.60. The molecule has 0 fully saturated rings. The molecular formula is C19H25N5O2. The van der Waals surface area contributed by atoms with Crippen molar-refractivity contribution in [1.29, 1.82) is 0 Å². The molecule has 138 valence electrons. The number of amides is 2. The fourth-order valence-corrected chi connectivity index (χ4v) is 3.15. The van der Waals surface area contributed by atoms with Crippen LogP contribution in [0.2, 0.25) is 0 Å². The number of aromatic amines is 1. The van der Waals surface area contributed by atoms with Crippen LogP contribution in [0.25, 0.3) is 0 Å². The highest BCUT2D eigenvalue weighted by Crippen LogP contribution is 2.18. The number of aromatic nitrogens is 2. The molecule has 0 bridgehead atoms. The highest BCUT2D eigenvalue weighted by atomic mass is 16.2. The molecule has 2 amide bonds. The second kappa shape index (κ2) is 8.14. The van der Waals surface area contributed by atoms with Gasteiger partial charge in [-0.1, -0.05) is 25.1 Å². The summed E-state index contributed by atoms with van der Waals surface area (Å²) in [6.45, 7) is 5.95. The van der Waals surface area contributed by atoms with Gasteiger partial charge in [0.25, 0.3) is 5.91 Å². The van der Waals surface area contributed by atoms with Crippen molar-refractivity contribution in [2.45, 2.75) is 33.2 Å². The SMILES string of the molecule is CCCN(CC(=O)Nc1ccccc1C)C(=O)c1n[nH]c2c1CNCC2. The van der Waals surface area contributed by atoms with Crippen LogP contribution in [0.4, 0.5) is 5.69 Å². The maximum atomic E-state index is 13.0. The molecule has 7 nitrogen and oxygen atoms in total. The van der Waals surface area contributed by atoms with Crippen LogP contribution in [0.15, 0.2) is 24.3 Å². The minimum absolute atomic E-state index is 0.00999. The van der Waals surface area contributed by atoms with Crippen molar-refractivity contribution in [3.05, 3.63) is 46.8 Å². The molecule has 0 spiro atoms. The van der Waals surface area contributed by atoms with Crippen LogP contribution in [0, 0.1) is 6.92 Å². The Labute approximate surface area is 153 Å². The lowest BCUT2D eigenvalue weighted by molar-refractivity contribution is -0.116. The number of anilines is 1. The number of benzene rings is 1. The van der Waals surface area contributed by atoms with E-state index in [1.807, 2.05) is 38.1 Å². The zero-order chi connectivity index (χ0) is 18.5. The standard InChI is InChI=1S/C19H25N5O2/c1-3-10-24(12-17(25)21-15-7-5-4-6-13(15)2)19(26)18-14-11-20-9-8-16(14)22-23-18/h4-7,20H,3,8-12H2,1-2H3,(H,21,25)(H,22,23). The Hall–Kier alpha value is -2.67. The van der Waals surface area contributed by atoms with Gasteiger partial charge in [0.1, 0.15) is 6.54 Å². The first-order chi connectivity index (χ1) is 12.6. The van der Waals surface area contributed by atoms with Crippen LogP contribution in [-0.4, -0.2) is 46.5 Å². The van der Waals surface area contributed by atoms with E-state index in [0.717, 1.165) is 41.9 Å². The van der Waals surface area contributed by atoms with E-state index in [-0.39, 0.29) is 18.4 Å². The highest BCUT2D eigenvalue weighted by molar-refractivity contribution is 5.99. The number of carbonyl (C=O) groups excluding carboxylic acids is 2. The summed E-state index contributed by atoms with van der Waals surface area (Å²) in [5, 5.41) is 13.3. The molecule has 2 heterocycles. The van der Waals surface area contributed by atoms with Crippen molar-refractivity contribution < 1.29 is 9.59 Å². The average Bonchev–Trinajstić information content (AvgIpc) is 3.07. The normalized spacial score (nSPS) is 13.2. The molecule has 0 saturated heterocycles. The van der Waals surface area contributed by atoms with Gasteiger partial charge in [-0.3, -0.25) is 14.7 Å². The van der Waals surface area contributed by atoms with E-state index in [1.165, 1.54) is 0 Å². The van der Waals surface area contributed by atoms with E-state index in [2.05, 4.69) is 20.8 Å². The fourth-order valence-electron chi connectivity index (χ4n) is 3.15. The molecule has 0 saturated carbocycles. The van der Waals surface area contributed by atoms with Crippen molar-refractivity contribution in [3.8, 4) is 0 Å². The van der Waals surface area contributed by atoms with E-state index in [1.54, 1.807) is 4.90 Å². The largest absolute Gasteiger partial charge is 0.328 e. The van der Waals surface area contributed by atoms with Gasteiger partial charge in [0.05, 0.1) is 0 Å². The third kappa shape index (κ3) is 3.94. The number of fused-ring (bicyclic) bond motifs is 1. The third-order valence-electron chi connectivity index (χ3n) is 4.54. The van der Waals surface area contributed by atoms with Gasteiger partial charge in [-0.2, -0.15) is 5.10 Å². The van der Waals surface area contributed by atoms with Crippen LogP contribution >= 0.6 is 0 Å². The molecule has 0 atom stereocenters. The molecule has 1 aromatic heterocycles. The second-order valence-electron chi connectivity index (χ2n) is 6.55. The number of rotatable bonds is 6. The number of para-hydroxylation sites is 1. The summed E-state index contributed by atoms with van der Waals surface area (Å²) < 4.78 is 0. The molecule has 7 heteroatoms. The molecule has 0 unspecified atom stereocenters. The number of nitrogens with one attached hydrogen (secondary N) is 3. The van der Waals surface area contributed by atoms with Crippen molar-refractivity contribution >= 4 is 17.5 Å². The Kier molecular flexibility index (Phi) is 5.68. The van der Waals surface area contributed by atoms with E-state index >= 15 is 0 Å². The molecule has 0 aliphatic carbocycles. The average molecular weight is 355 g/mol. The van der Waals surface area contributed by atoms with E-state index in [9.17, 15) is 9.59 Å². The summed E-state index contributed by atoms with van der Waals surface area (Å²) in [5.74, 6) is -0.406. The smallest absolute Gasteiger partial charge is 0.275 e. The molecule has 2 aromatic rings. The molecule has 1 aliphatic heterocycles. The lowest BCUT2D eigenvalue weighted by Crippen LogP contribution is -2.39. The number of hydrogen-bond acceptors (Lipinski definition) is 4. The summed E-state index contributed by atoms with van der Waals surface area (Å²) in [6, 6.07) is 7.59. The van der Waals surface area contributed by atoms with Gasteiger partial charge < -0.3 is 15.5 Å².